The van der Waals surface area contributed by atoms with Gasteiger partial charge < -0.3 is 10.5 Å². The Hall–Kier alpha value is -1.11. The van der Waals surface area contributed by atoms with Crippen LogP contribution in [0.3, 0.4) is 0 Å². The van der Waals surface area contributed by atoms with E-state index in [9.17, 15) is 0 Å². The van der Waals surface area contributed by atoms with Crippen molar-refractivity contribution in [3.63, 3.8) is 0 Å². The van der Waals surface area contributed by atoms with Crippen molar-refractivity contribution in [3.05, 3.63) is 29.6 Å². The largest absolute Gasteiger partial charge is 0.496 e. The molecule has 0 saturated heterocycles. The minimum atomic E-state index is -0.0859. The number of aryl methyl sites for hydroxylation is 1. The molecule has 2 aromatic rings. The van der Waals surface area contributed by atoms with E-state index in [1.54, 1.807) is 18.9 Å². The maximum Gasteiger partial charge on any atom is 0.174 e. The molecular weight excluding hydrogens is 278 g/mol. The number of hydrogen-bond donors (Lipinski definition) is 1. The Morgan fingerprint density at radius 2 is 2.26 bits per heavy atom. The summed E-state index contributed by atoms with van der Waals surface area (Å²) in [7, 11) is 1.66. The van der Waals surface area contributed by atoms with E-state index in [0.29, 0.717) is 0 Å². The molecule has 0 aliphatic rings. The first kappa shape index (κ1) is 14.3. The van der Waals surface area contributed by atoms with E-state index < -0.39 is 0 Å². The van der Waals surface area contributed by atoms with Gasteiger partial charge in [0.1, 0.15) is 11.6 Å². The number of ether oxygens (including phenoxy) is 1. The molecule has 102 valence electrons. The molecule has 1 aromatic carbocycles. The van der Waals surface area contributed by atoms with Crippen molar-refractivity contribution in [3.8, 4) is 5.75 Å². The first-order chi connectivity index (χ1) is 9.15. The number of nitrogens with zero attached hydrogens (tertiary/aromatic N) is 2. The van der Waals surface area contributed by atoms with Gasteiger partial charge in [0.05, 0.1) is 7.11 Å². The second-order valence-electron chi connectivity index (χ2n) is 4.09. The van der Waals surface area contributed by atoms with E-state index in [1.165, 1.54) is 11.5 Å². The SMILES string of the molecule is CCc1nsc(Sc2cccc(OC)c2[C@@H](C)N)n1. The van der Waals surface area contributed by atoms with E-state index >= 15 is 0 Å². The van der Waals surface area contributed by atoms with Crippen molar-refractivity contribution in [2.75, 3.05) is 7.11 Å². The van der Waals surface area contributed by atoms with Crippen molar-refractivity contribution >= 4 is 23.3 Å². The van der Waals surface area contributed by atoms with E-state index in [-0.39, 0.29) is 6.04 Å². The number of benzene rings is 1. The molecule has 0 spiro atoms. The summed E-state index contributed by atoms with van der Waals surface area (Å²) in [5, 5.41) is 0. The topological polar surface area (TPSA) is 61.0 Å². The van der Waals surface area contributed by atoms with Gasteiger partial charge in [-0.2, -0.15) is 4.37 Å². The molecule has 0 amide bonds. The molecule has 2 rings (SSSR count). The van der Waals surface area contributed by atoms with Gasteiger partial charge in [-0.1, -0.05) is 24.8 Å². The highest BCUT2D eigenvalue weighted by molar-refractivity contribution is 8.01. The lowest BCUT2D eigenvalue weighted by Gasteiger charge is -2.15. The molecule has 2 N–H and O–H groups in total. The van der Waals surface area contributed by atoms with Gasteiger partial charge in [-0.15, -0.1) is 0 Å². The normalized spacial score (nSPS) is 12.4. The van der Waals surface area contributed by atoms with Crippen molar-refractivity contribution in [1.29, 1.82) is 0 Å². The maximum absolute atomic E-state index is 6.05. The Morgan fingerprint density at radius 3 is 2.84 bits per heavy atom. The molecule has 0 radical (unpaired) electrons. The summed E-state index contributed by atoms with van der Waals surface area (Å²) < 4.78 is 10.6. The van der Waals surface area contributed by atoms with Gasteiger partial charge in [0, 0.05) is 22.9 Å². The van der Waals surface area contributed by atoms with Crippen LogP contribution in [0.2, 0.25) is 0 Å². The molecule has 19 heavy (non-hydrogen) atoms. The van der Waals surface area contributed by atoms with E-state index in [0.717, 1.165) is 32.8 Å². The lowest BCUT2D eigenvalue weighted by Crippen LogP contribution is -2.08. The molecule has 4 nitrogen and oxygen atoms in total. The van der Waals surface area contributed by atoms with Crippen molar-refractivity contribution in [1.82, 2.24) is 9.36 Å². The van der Waals surface area contributed by atoms with Gasteiger partial charge in [-0.25, -0.2) is 4.98 Å². The first-order valence-electron chi connectivity index (χ1n) is 6.08. The molecule has 1 heterocycles. The van der Waals surface area contributed by atoms with Crippen LogP contribution in [0.1, 0.15) is 31.3 Å². The number of methoxy groups -OCH3 is 1. The van der Waals surface area contributed by atoms with Gasteiger partial charge in [0.15, 0.2) is 4.34 Å². The molecule has 0 fully saturated rings. The number of hydrogen-bond acceptors (Lipinski definition) is 6. The van der Waals surface area contributed by atoms with E-state index in [4.69, 9.17) is 10.5 Å². The predicted octanol–water partition coefficient (Wildman–Crippen LogP) is 3.28. The van der Waals surface area contributed by atoms with E-state index in [1.807, 2.05) is 25.1 Å². The fourth-order valence-electron chi connectivity index (χ4n) is 1.76. The Kier molecular flexibility index (Phi) is 4.79. The third-order valence-corrected chi connectivity index (χ3v) is 4.53. The highest BCUT2D eigenvalue weighted by Crippen LogP contribution is 2.38. The first-order valence-corrected chi connectivity index (χ1v) is 7.67. The molecule has 6 heteroatoms. The van der Waals surface area contributed by atoms with Crippen LogP contribution in [0.15, 0.2) is 27.4 Å². The zero-order chi connectivity index (χ0) is 13.8. The Morgan fingerprint density at radius 1 is 1.47 bits per heavy atom. The smallest absolute Gasteiger partial charge is 0.174 e. The summed E-state index contributed by atoms with van der Waals surface area (Å²) in [5.41, 5.74) is 7.07. The highest BCUT2D eigenvalue weighted by atomic mass is 32.2. The lowest BCUT2D eigenvalue weighted by molar-refractivity contribution is 0.405. The number of rotatable bonds is 5. The van der Waals surface area contributed by atoms with Gasteiger partial charge in [0.2, 0.25) is 0 Å². The minimum absolute atomic E-state index is 0.0859. The van der Waals surface area contributed by atoms with Crippen LogP contribution in [0.4, 0.5) is 0 Å². The summed E-state index contributed by atoms with van der Waals surface area (Å²) in [4.78, 5) is 5.55. The molecular formula is C13H17N3OS2. The average Bonchev–Trinajstić information content (AvgIpc) is 2.85. The zero-order valence-corrected chi connectivity index (χ0v) is 12.8. The van der Waals surface area contributed by atoms with Crippen molar-refractivity contribution < 1.29 is 4.74 Å². The van der Waals surface area contributed by atoms with Crippen LogP contribution in [-0.4, -0.2) is 16.5 Å². The van der Waals surface area contributed by atoms with Gasteiger partial charge in [0.25, 0.3) is 0 Å². The Bertz CT molecular complexity index is 555. The number of nitrogens with two attached hydrogens (primary N) is 1. The van der Waals surface area contributed by atoms with Gasteiger partial charge in [-0.3, -0.25) is 0 Å². The highest BCUT2D eigenvalue weighted by Gasteiger charge is 2.15. The molecule has 0 bridgehead atoms. The zero-order valence-electron chi connectivity index (χ0n) is 11.2. The summed E-state index contributed by atoms with van der Waals surface area (Å²) in [6.07, 6.45) is 0.856. The molecule has 0 aliphatic carbocycles. The average molecular weight is 295 g/mol. The van der Waals surface area contributed by atoms with Crippen LogP contribution in [-0.2, 0) is 6.42 Å². The molecule has 0 unspecified atom stereocenters. The fourth-order valence-corrected chi connectivity index (χ4v) is 3.67. The summed E-state index contributed by atoms with van der Waals surface area (Å²) in [5.74, 6) is 1.71. The minimum Gasteiger partial charge on any atom is -0.496 e. The Labute approximate surface area is 121 Å². The van der Waals surface area contributed by atoms with E-state index in [2.05, 4.69) is 16.3 Å². The van der Waals surface area contributed by atoms with Crippen LogP contribution in [0, 0.1) is 0 Å². The summed E-state index contributed by atoms with van der Waals surface area (Å²) >= 11 is 3.02. The van der Waals surface area contributed by atoms with Crippen molar-refractivity contribution in [2.24, 2.45) is 5.73 Å². The second-order valence-corrected chi connectivity index (χ2v) is 6.13. The van der Waals surface area contributed by atoms with Gasteiger partial charge in [-0.05, 0) is 30.6 Å². The molecule has 0 saturated carbocycles. The third-order valence-electron chi connectivity index (χ3n) is 2.66. The predicted molar refractivity (Wildman–Crippen MR) is 79.0 cm³/mol. The fraction of sp³-hybridized carbons (Fsp3) is 0.385. The third kappa shape index (κ3) is 3.26. The molecule has 0 aliphatic heterocycles. The number of aromatic nitrogens is 2. The van der Waals surface area contributed by atoms with Crippen LogP contribution >= 0.6 is 23.3 Å². The maximum atomic E-state index is 6.05. The van der Waals surface area contributed by atoms with Crippen molar-refractivity contribution in [2.45, 2.75) is 35.5 Å². The van der Waals surface area contributed by atoms with Crippen LogP contribution in [0.5, 0.6) is 5.75 Å². The summed E-state index contributed by atoms with van der Waals surface area (Å²) in [6.45, 7) is 4.01. The van der Waals surface area contributed by atoms with Crippen LogP contribution < -0.4 is 10.5 Å². The second kappa shape index (κ2) is 6.36. The molecule has 1 aromatic heterocycles. The monoisotopic (exact) mass is 295 g/mol. The standard InChI is InChI=1S/C13H17N3OS2/c1-4-11-15-13(19-16-11)18-10-7-5-6-9(17-3)12(10)8(2)14/h5-8H,4,14H2,1-3H3/t8-/m1/s1. The lowest BCUT2D eigenvalue weighted by atomic mass is 10.1. The quantitative estimate of drug-likeness (QED) is 0.917. The summed E-state index contributed by atoms with van der Waals surface area (Å²) in [6, 6.07) is 5.85. The van der Waals surface area contributed by atoms with Gasteiger partial charge >= 0.3 is 0 Å². The Balaban J connectivity index is 2.33. The van der Waals surface area contributed by atoms with Crippen LogP contribution in [0.25, 0.3) is 0 Å². The molecule has 1 atom stereocenters.